The number of rotatable bonds is 1. The smallest absolute Gasteiger partial charge is 0.241 e. The zero-order valence-corrected chi connectivity index (χ0v) is 7.94. The van der Waals surface area contributed by atoms with E-state index in [4.69, 9.17) is 26.3 Å². The molecule has 0 fully saturated rings. The minimum Gasteiger partial charge on any atom is -0.397 e. The third kappa shape index (κ3) is 18.5. The minimum atomic E-state index is -0.931. The van der Waals surface area contributed by atoms with Crippen LogP contribution in [0.15, 0.2) is 12.7 Å². The zero-order valence-electron chi connectivity index (χ0n) is 7.94. The summed E-state index contributed by atoms with van der Waals surface area (Å²) in [7, 11) is 0. The molecule has 1 aromatic rings. The van der Waals surface area contributed by atoms with Gasteiger partial charge in [-0.1, -0.05) is 0 Å². The van der Waals surface area contributed by atoms with Gasteiger partial charge >= 0.3 is 0 Å². The van der Waals surface area contributed by atoms with Gasteiger partial charge in [-0.25, -0.2) is 14.8 Å². The van der Waals surface area contributed by atoms with E-state index < -0.39 is 5.03 Å². The maximum atomic E-state index is 9.07. The predicted octanol–water partition coefficient (Wildman–Crippen LogP) is -1.76. The summed E-state index contributed by atoms with van der Waals surface area (Å²) in [6.45, 7) is 1.93. The Kier molecular flexibility index (Phi) is 11.7. The molecular weight excluding hydrogens is 206 g/mol. The molecule has 0 amide bonds. The molecule has 1 aromatic heterocycles. The Morgan fingerprint density at radius 2 is 2.13 bits per heavy atom. The molecule has 1 heterocycles. The van der Waals surface area contributed by atoms with E-state index in [0.29, 0.717) is 0 Å². The number of nitrogens with one attached hydrogen (secondary N) is 1. The SMILES string of the molecule is CCO.N#CN[N+](=O)[O-].Nn1cnnc1. The fourth-order valence-electron chi connectivity index (χ4n) is 0.250. The first-order valence-corrected chi connectivity index (χ1v) is 3.58. The van der Waals surface area contributed by atoms with Crippen molar-refractivity contribution in [1.29, 1.82) is 5.26 Å². The van der Waals surface area contributed by atoms with Crippen molar-refractivity contribution in [2.24, 2.45) is 0 Å². The Bertz CT molecular complexity index is 279. The minimum absolute atomic E-state index is 0.250. The Hall–Kier alpha value is -2.41. The molecule has 0 aromatic carbocycles. The number of aliphatic hydroxyl groups is 1. The van der Waals surface area contributed by atoms with Crippen molar-refractivity contribution >= 4 is 0 Å². The molecule has 0 saturated heterocycles. The van der Waals surface area contributed by atoms with Gasteiger partial charge in [-0.3, -0.25) is 0 Å². The van der Waals surface area contributed by atoms with Gasteiger partial charge in [0.05, 0.1) is 0 Å². The Morgan fingerprint density at radius 3 is 2.20 bits per heavy atom. The summed E-state index contributed by atoms with van der Waals surface area (Å²) < 4.78 is 1.28. The van der Waals surface area contributed by atoms with Crippen molar-refractivity contribution in [2.75, 3.05) is 12.4 Å². The normalized spacial score (nSPS) is 7.00. The number of nitrogens with zero attached hydrogens (tertiary/aromatic N) is 5. The molecule has 15 heavy (non-hydrogen) atoms. The average molecular weight is 217 g/mol. The molecular formula is C5H11N7O3. The van der Waals surface area contributed by atoms with E-state index in [-0.39, 0.29) is 6.61 Å². The second-order valence-electron chi connectivity index (χ2n) is 1.71. The van der Waals surface area contributed by atoms with Gasteiger partial charge in [0.2, 0.25) is 6.19 Å². The van der Waals surface area contributed by atoms with Crippen molar-refractivity contribution in [2.45, 2.75) is 6.92 Å². The van der Waals surface area contributed by atoms with Crippen LogP contribution in [0.1, 0.15) is 6.92 Å². The van der Waals surface area contributed by atoms with Crippen LogP contribution in [0.4, 0.5) is 0 Å². The van der Waals surface area contributed by atoms with Gasteiger partial charge in [-0.05, 0) is 12.3 Å². The topological polar surface area (TPSA) is 156 Å². The number of hydrogen-bond donors (Lipinski definition) is 3. The Morgan fingerprint density at radius 1 is 1.73 bits per heavy atom. The van der Waals surface area contributed by atoms with Crippen LogP contribution in [0.2, 0.25) is 0 Å². The number of aliphatic hydroxyl groups excluding tert-OH is 1. The van der Waals surface area contributed by atoms with E-state index in [1.54, 1.807) is 6.92 Å². The third-order valence-electron chi connectivity index (χ3n) is 0.578. The molecule has 84 valence electrons. The molecule has 0 radical (unpaired) electrons. The predicted molar refractivity (Wildman–Crippen MR) is 48.7 cm³/mol. The van der Waals surface area contributed by atoms with Crippen LogP contribution in [-0.2, 0) is 0 Å². The highest BCUT2D eigenvalue weighted by atomic mass is 16.7. The molecule has 0 aliphatic rings. The van der Waals surface area contributed by atoms with Crippen LogP contribution in [0.5, 0.6) is 0 Å². The summed E-state index contributed by atoms with van der Waals surface area (Å²) >= 11 is 0. The quantitative estimate of drug-likeness (QED) is 0.164. The Labute approximate surface area is 85.0 Å². The maximum absolute atomic E-state index is 9.07. The van der Waals surface area contributed by atoms with Gasteiger partial charge in [0.15, 0.2) is 5.03 Å². The summed E-state index contributed by atoms with van der Waals surface area (Å²) in [4.78, 5) is 9.07. The van der Waals surface area contributed by atoms with Crippen LogP contribution < -0.4 is 11.3 Å². The molecule has 10 heteroatoms. The summed E-state index contributed by atoms with van der Waals surface area (Å²) in [5.74, 6) is 5.07. The van der Waals surface area contributed by atoms with Crippen LogP contribution in [0.25, 0.3) is 0 Å². The van der Waals surface area contributed by atoms with Gasteiger partial charge in [0.25, 0.3) is 0 Å². The molecule has 0 spiro atoms. The molecule has 0 aliphatic heterocycles. The molecule has 0 bridgehead atoms. The van der Waals surface area contributed by atoms with Crippen molar-refractivity contribution in [3.63, 3.8) is 0 Å². The van der Waals surface area contributed by atoms with E-state index in [0.717, 1.165) is 6.19 Å². The molecule has 4 N–H and O–H groups in total. The van der Waals surface area contributed by atoms with Crippen molar-refractivity contribution in [3.8, 4) is 6.19 Å². The molecule has 1 rings (SSSR count). The number of nitrogens with two attached hydrogens (primary N) is 1. The van der Waals surface area contributed by atoms with Crippen molar-refractivity contribution in [1.82, 2.24) is 20.3 Å². The van der Waals surface area contributed by atoms with E-state index in [1.807, 2.05) is 0 Å². The van der Waals surface area contributed by atoms with Crippen LogP contribution in [0.3, 0.4) is 0 Å². The second kappa shape index (κ2) is 11.6. The molecule has 10 nitrogen and oxygen atoms in total. The van der Waals surface area contributed by atoms with Crippen LogP contribution in [-0.4, -0.2) is 31.6 Å². The number of aromatic nitrogens is 3. The van der Waals surface area contributed by atoms with Crippen LogP contribution in [0, 0.1) is 21.6 Å². The first kappa shape index (κ1) is 15.1. The number of hydrazine groups is 1. The average Bonchev–Trinajstić information content (AvgIpc) is 2.58. The lowest BCUT2D eigenvalue weighted by Gasteiger charge is -1.76. The highest BCUT2D eigenvalue weighted by Gasteiger charge is 1.80. The number of nitriles is 1. The van der Waals surface area contributed by atoms with Gasteiger partial charge in [0, 0.05) is 6.61 Å². The third-order valence-corrected chi connectivity index (χ3v) is 0.578. The van der Waals surface area contributed by atoms with Crippen molar-refractivity contribution in [3.05, 3.63) is 22.8 Å². The van der Waals surface area contributed by atoms with E-state index in [1.165, 1.54) is 22.8 Å². The largest absolute Gasteiger partial charge is 0.397 e. The molecule has 0 atom stereocenters. The summed E-state index contributed by atoms with van der Waals surface area (Å²) in [6, 6.07) is 0. The molecule has 0 saturated carbocycles. The van der Waals surface area contributed by atoms with E-state index in [2.05, 4.69) is 10.2 Å². The van der Waals surface area contributed by atoms with Gasteiger partial charge < -0.3 is 10.9 Å². The van der Waals surface area contributed by atoms with E-state index in [9.17, 15) is 0 Å². The zero-order chi connectivity index (χ0) is 12.1. The first-order valence-electron chi connectivity index (χ1n) is 3.58. The standard InChI is InChI=1S/C2H4N4.C2H6O.CHN3O2/c3-6-1-4-5-2-6;1-2-3;2-1-3-4(5)6/h1-2H,3H2;3H,2H2,1H3;3H. The highest BCUT2D eigenvalue weighted by molar-refractivity contribution is 4.55. The summed E-state index contributed by atoms with van der Waals surface area (Å²) in [6.07, 6.45) is 3.95. The first-order chi connectivity index (χ1) is 7.08. The second-order valence-corrected chi connectivity index (χ2v) is 1.71. The van der Waals surface area contributed by atoms with E-state index >= 15 is 0 Å². The fraction of sp³-hybridized carbons (Fsp3) is 0.400. The lowest BCUT2D eigenvalue weighted by atomic mass is 10.9. The fourth-order valence-corrected chi connectivity index (χ4v) is 0.250. The molecule has 0 aliphatic carbocycles. The lowest BCUT2D eigenvalue weighted by molar-refractivity contribution is -0.529. The highest BCUT2D eigenvalue weighted by Crippen LogP contribution is 1.61. The van der Waals surface area contributed by atoms with Gasteiger partial charge in [-0.2, -0.15) is 5.26 Å². The summed E-state index contributed by atoms with van der Waals surface area (Å²) in [5.41, 5.74) is 1.24. The van der Waals surface area contributed by atoms with Gasteiger partial charge in [-0.15, -0.1) is 10.2 Å². The maximum Gasteiger partial charge on any atom is 0.241 e. The van der Waals surface area contributed by atoms with Crippen LogP contribution >= 0.6 is 0 Å². The van der Waals surface area contributed by atoms with Gasteiger partial charge in [0.1, 0.15) is 12.7 Å². The van der Waals surface area contributed by atoms with Crippen molar-refractivity contribution < 1.29 is 10.1 Å². The monoisotopic (exact) mass is 217 g/mol. The lowest BCUT2D eigenvalue weighted by Crippen LogP contribution is -2.13. The number of nitrogen functional groups attached to an aromatic ring is 1. The molecule has 0 unspecified atom stereocenters. The summed E-state index contributed by atoms with van der Waals surface area (Å²) in [5, 5.41) is 30.0. The number of hydrogen-bond acceptors (Lipinski definition) is 7. The Balaban J connectivity index is 0. The number of nitro groups is 1.